The molecular weight excluding hydrogens is 394 g/mol. The molecule has 2 aliphatic rings. The molecule has 0 saturated carbocycles. The van der Waals surface area contributed by atoms with Crippen molar-refractivity contribution in [2.45, 2.75) is 51.0 Å². The maximum absolute atomic E-state index is 13.9. The molecule has 2 saturated heterocycles. The Hall–Kier alpha value is -2.94. The lowest BCUT2D eigenvalue weighted by molar-refractivity contribution is -0.132. The van der Waals surface area contributed by atoms with Crippen molar-refractivity contribution in [3.05, 3.63) is 59.2 Å². The molecule has 0 unspecified atom stereocenters. The molecule has 0 bridgehead atoms. The second-order valence-electron chi connectivity index (χ2n) is 7.60. The Morgan fingerprint density at radius 1 is 1.27 bits per heavy atom. The maximum Gasteiger partial charge on any atom is 0.249 e. The van der Waals surface area contributed by atoms with Crippen LogP contribution in [0.1, 0.15) is 29.8 Å². The van der Waals surface area contributed by atoms with E-state index in [1.807, 2.05) is 6.92 Å². The monoisotopic (exact) mass is 416 g/mol. The van der Waals surface area contributed by atoms with Crippen LogP contribution in [0.4, 0.5) is 8.78 Å². The number of ether oxygens (including phenoxy) is 1. The van der Waals surface area contributed by atoms with Crippen LogP contribution in [0.2, 0.25) is 0 Å². The summed E-state index contributed by atoms with van der Waals surface area (Å²) in [5.41, 5.74) is 1.46. The van der Waals surface area contributed by atoms with Crippen LogP contribution in [0.25, 0.3) is 0 Å². The highest BCUT2D eigenvalue weighted by molar-refractivity contribution is 5.82. The summed E-state index contributed by atoms with van der Waals surface area (Å²) in [6.07, 6.45) is 3.08. The van der Waals surface area contributed by atoms with Gasteiger partial charge in [-0.3, -0.25) is 19.6 Å². The molecule has 1 aromatic heterocycles. The Bertz CT molecular complexity index is 954. The smallest absolute Gasteiger partial charge is 0.249 e. The van der Waals surface area contributed by atoms with Gasteiger partial charge in [0.1, 0.15) is 6.10 Å². The zero-order chi connectivity index (χ0) is 21.3. The maximum atomic E-state index is 13.9. The molecule has 1 N–H and O–H groups in total. The Labute approximate surface area is 172 Å². The van der Waals surface area contributed by atoms with Crippen molar-refractivity contribution in [2.75, 3.05) is 6.54 Å². The van der Waals surface area contributed by atoms with E-state index < -0.39 is 17.7 Å². The SMILES string of the molecule is Cc1cnc(CNC(=O)[C@H]2C[C@@H]3[C@@H](CCN3C(=O)Cc3cccc(F)c3F)O2)cn1. The molecular formula is C21H22F2N4O3. The highest BCUT2D eigenvalue weighted by Crippen LogP contribution is 2.33. The van der Waals surface area contributed by atoms with Gasteiger partial charge in [-0.1, -0.05) is 12.1 Å². The Kier molecular flexibility index (Phi) is 5.72. The van der Waals surface area contributed by atoms with Gasteiger partial charge >= 0.3 is 0 Å². The molecule has 0 spiro atoms. The molecule has 2 aliphatic heterocycles. The van der Waals surface area contributed by atoms with Gasteiger partial charge in [-0.25, -0.2) is 8.78 Å². The number of hydrogen-bond acceptors (Lipinski definition) is 5. The normalized spacial score (nSPS) is 22.8. The first-order valence-corrected chi connectivity index (χ1v) is 9.85. The van der Waals surface area contributed by atoms with E-state index in [-0.39, 0.29) is 42.5 Å². The van der Waals surface area contributed by atoms with Crippen LogP contribution in [0.5, 0.6) is 0 Å². The number of benzene rings is 1. The predicted octanol–water partition coefficient (Wildman–Crippen LogP) is 1.68. The Morgan fingerprint density at radius 2 is 2.10 bits per heavy atom. The number of amides is 2. The standard InChI is InChI=1S/C21H22F2N4O3/c1-12-9-25-14(10-24-12)11-26-21(29)18-8-16-17(30-18)5-6-27(16)19(28)7-13-3-2-4-15(22)20(13)23/h2-4,9-10,16-18H,5-8,11H2,1H3,(H,26,29)/t16-,17-,18-/m1/s1. The van der Waals surface area contributed by atoms with Crippen LogP contribution in [0.3, 0.4) is 0 Å². The third-order valence-corrected chi connectivity index (χ3v) is 5.54. The Balaban J connectivity index is 1.34. The molecule has 0 radical (unpaired) electrons. The zero-order valence-corrected chi connectivity index (χ0v) is 16.5. The average molecular weight is 416 g/mol. The molecule has 30 heavy (non-hydrogen) atoms. The van der Waals surface area contributed by atoms with Crippen molar-refractivity contribution in [3.8, 4) is 0 Å². The number of halogens is 2. The van der Waals surface area contributed by atoms with Gasteiger partial charge in [0.2, 0.25) is 11.8 Å². The van der Waals surface area contributed by atoms with Crippen molar-refractivity contribution in [1.82, 2.24) is 20.2 Å². The second kappa shape index (κ2) is 8.43. The molecule has 4 rings (SSSR count). The molecule has 0 aliphatic carbocycles. The van der Waals surface area contributed by atoms with Gasteiger partial charge in [-0.15, -0.1) is 0 Å². The summed E-state index contributed by atoms with van der Waals surface area (Å²) in [5, 5.41) is 2.79. The van der Waals surface area contributed by atoms with Crippen molar-refractivity contribution >= 4 is 11.8 Å². The van der Waals surface area contributed by atoms with E-state index in [9.17, 15) is 18.4 Å². The van der Waals surface area contributed by atoms with Crippen LogP contribution in [-0.2, 0) is 27.3 Å². The number of likely N-dealkylation sites (tertiary alicyclic amines) is 1. The number of carbonyl (C=O) groups is 2. The molecule has 158 valence electrons. The van der Waals surface area contributed by atoms with Gasteiger partial charge in [0.15, 0.2) is 11.6 Å². The van der Waals surface area contributed by atoms with E-state index in [0.717, 1.165) is 11.8 Å². The lowest BCUT2D eigenvalue weighted by Crippen LogP contribution is -2.40. The first-order valence-electron chi connectivity index (χ1n) is 9.85. The fourth-order valence-corrected chi connectivity index (χ4v) is 3.98. The first-order chi connectivity index (χ1) is 14.4. The third-order valence-electron chi connectivity index (χ3n) is 5.54. The predicted molar refractivity (Wildman–Crippen MR) is 102 cm³/mol. The second-order valence-corrected chi connectivity index (χ2v) is 7.60. The minimum atomic E-state index is -0.999. The van der Waals surface area contributed by atoms with Crippen LogP contribution in [0.15, 0.2) is 30.6 Å². The van der Waals surface area contributed by atoms with Crippen molar-refractivity contribution in [1.29, 1.82) is 0 Å². The van der Waals surface area contributed by atoms with E-state index in [1.54, 1.807) is 17.3 Å². The largest absolute Gasteiger partial charge is 0.363 e. The number of nitrogens with one attached hydrogen (secondary N) is 1. The van der Waals surface area contributed by atoms with E-state index in [2.05, 4.69) is 15.3 Å². The molecule has 9 heteroatoms. The minimum Gasteiger partial charge on any atom is -0.363 e. The molecule has 2 amide bonds. The highest BCUT2D eigenvalue weighted by atomic mass is 19.2. The van der Waals surface area contributed by atoms with Gasteiger partial charge in [0, 0.05) is 24.7 Å². The lowest BCUT2D eigenvalue weighted by atomic mass is 10.1. The third kappa shape index (κ3) is 4.16. The Morgan fingerprint density at radius 3 is 2.87 bits per heavy atom. The van der Waals surface area contributed by atoms with Gasteiger partial charge in [-0.05, 0) is 19.4 Å². The number of hydrogen-bond donors (Lipinski definition) is 1. The van der Waals surface area contributed by atoms with Crippen LogP contribution >= 0.6 is 0 Å². The topological polar surface area (TPSA) is 84.4 Å². The van der Waals surface area contributed by atoms with Crippen LogP contribution in [0, 0.1) is 18.6 Å². The number of aromatic nitrogens is 2. The fraction of sp³-hybridized carbons (Fsp3) is 0.429. The van der Waals surface area contributed by atoms with Crippen molar-refractivity contribution in [3.63, 3.8) is 0 Å². The summed E-state index contributed by atoms with van der Waals surface area (Å²) >= 11 is 0. The average Bonchev–Trinajstić information content (AvgIpc) is 3.31. The van der Waals surface area contributed by atoms with E-state index >= 15 is 0 Å². The van der Waals surface area contributed by atoms with Gasteiger partial charge in [0.05, 0.1) is 42.7 Å². The highest BCUT2D eigenvalue weighted by Gasteiger charge is 2.47. The first kappa shape index (κ1) is 20.3. The van der Waals surface area contributed by atoms with Crippen molar-refractivity contribution < 1.29 is 23.1 Å². The lowest BCUT2D eigenvalue weighted by Gasteiger charge is -2.23. The zero-order valence-electron chi connectivity index (χ0n) is 16.5. The summed E-state index contributed by atoms with van der Waals surface area (Å²) in [5.74, 6) is -2.54. The number of nitrogens with zero attached hydrogens (tertiary/aromatic N) is 3. The number of aryl methyl sites for hydroxylation is 1. The van der Waals surface area contributed by atoms with Gasteiger partial charge < -0.3 is 15.0 Å². The summed E-state index contributed by atoms with van der Waals surface area (Å²) in [6.45, 7) is 2.54. The van der Waals surface area contributed by atoms with E-state index in [0.29, 0.717) is 25.1 Å². The fourth-order valence-electron chi connectivity index (χ4n) is 3.98. The molecule has 2 fully saturated rings. The van der Waals surface area contributed by atoms with Crippen LogP contribution < -0.4 is 5.32 Å². The summed E-state index contributed by atoms with van der Waals surface area (Å²) < 4.78 is 33.2. The quantitative estimate of drug-likeness (QED) is 0.802. The summed E-state index contributed by atoms with van der Waals surface area (Å²) in [7, 11) is 0. The number of carbonyl (C=O) groups excluding carboxylic acids is 2. The molecule has 2 aromatic rings. The van der Waals surface area contributed by atoms with Gasteiger partial charge in [0.25, 0.3) is 0 Å². The molecule has 3 heterocycles. The van der Waals surface area contributed by atoms with E-state index in [1.165, 1.54) is 12.1 Å². The summed E-state index contributed by atoms with van der Waals surface area (Å²) in [4.78, 5) is 35.1. The molecule has 7 nitrogen and oxygen atoms in total. The molecule has 3 atom stereocenters. The number of fused-ring (bicyclic) bond motifs is 1. The van der Waals surface area contributed by atoms with Gasteiger partial charge in [-0.2, -0.15) is 0 Å². The number of rotatable bonds is 5. The van der Waals surface area contributed by atoms with Crippen LogP contribution in [-0.4, -0.2) is 51.5 Å². The van der Waals surface area contributed by atoms with E-state index in [4.69, 9.17) is 4.74 Å². The van der Waals surface area contributed by atoms with Crippen molar-refractivity contribution in [2.24, 2.45) is 0 Å². The minimum absolute atomic E-state index is 0.0239. The summed E-state index contributed by atoms with van der Waals surface area (Å²) in [6, 6.07) is 3.56. The molecule has 1 aromatic carbocycles.